The van der Waals surface area contributed by atoms with E-state index >= 15 is 0 Å². The molecule has 18 heavy (non-hydrogen) atoms. The highest BCUT2D eigenvalue weighted by Gasteiger charge is 2.35. The predicted octanol–water partition coefficient (Wildman–Crippen LogP) is 2.93. The van der Waals surface area contributed by atoms with Gasteiger partial charge in [-0.2, -0.15) is 0 Å². The summed E-state index contributed by atoms with van der Waals surface area (Å²) in [5.41, 5.74) is 0.266. The van der Waals surface area contributed by atoms with E-state index in [0.29, 0.717) is 12.1 Å². The van der Waals surface area contributed by atoms with Gasteiger partial charge in [-0.25, -0.2) is 4.39 Å². The molecule has 2 aliphatic heterocycles. The van der Waals surface area contributed by atoms with Crippen LogP contribution in [0.5, 0.6) is 0 Å². The molecule has 0 aromatic heterocycles. The largest absolute Gasteiger partial charge is 0.311 e. The first-order chi connectivity index (χ1) is 8.74. The molecule has 2 fully saturated rings. The van der Waals surface area contributed by atoms with Crippen LogP contribution in [0.1, 0.15) is 42.5 Å². The Kier molecular flexibility index (Phi) is 3.16. The van der Waals surface area contributed by atoms with Gasteiger partial charge in [0.1, 0.15) is 5.82 Å². The molecule has 96 valence electrons. The van der Waals surface area contributed by atoms with Gasteiger partial charge < -0.3 is 5.32 Å². The van der Waals surface area contributed by atoms with E-state index < -0.39 is 0 Å². The van der Waals surface area contributed by atoms with Crippen molar-refractivity contribution in [3.8, 4) is 0 Å². The van der Waals surface area contributed by atoms with E-state index in [0.717, 1.165) is 25.7 Å². The Hall–Kier alpha value is -1.22. The molecule has 2 unspecified atom stereocenters. The second-order valence-electron chi connectivity index (χ2n) is 5.50. The molecule has 0 amide bonds. The maximum absolute atomic E-state index is 13.6. The summed E-state index contributed by atoms with van der Waals surface area (Å²) in [7, 11) is 0. The minimum atomic E-state index is -0.383. The molecular weight excluding hydrogens is 229 g/mol. The van der Waals surface area contributed by atoms with Crippen molar-refractivity contribution in [3.05, 3.63) is 35.6 Å². The summed E-state index contributed by atoms with van der Waals surface area (Å²) in [4.78, 5) is 12.4. The van der Waals surface area contributed by atoms with Crippen molar-refractivity contribution in [2.24, 2.45) is 5.92 Å². The molecule has 0 saturated carbocycles. The molecule has 2 saturated heterocycles. The van der Waals surface area contributed by atoms with Crippen LogP contribution in [0.4, 0.5) is 4.39 Å². The number of ketones is 1. The fraction of sp³-hybridized carbons (Fsp3) is 0.533. The van der Waals surface area contributed by atoms with Crippen LogP contribution in [-0.2, 0) is 0 Å². The Bertz CT molecular complexity index is 448. The number of hydrogen-bond acceptors (Lipinski definition) is 2. The number of halogens is 1. The summed E-state index contributed by atoms with van der Waals surface area (Å²) in [5, 5.41) is 3.56. The van der Waals surface area contributed by atoms with Crippen molar-refractivity contribution in [1.82, 2.24) is 5.32 Å². The van der Waals surface area contributed by atoms with Gasteiger partial charge in [-0.3, -0.25) is 4.79 Å². The lowest BCUT2D eigenvalue weighted by Gasteiger charge is -2.39. The number of carbonyl (C=O) groups is 1. The van der Waals surface area contributed by atoms with Gasteiger partial charge in [0, 0.05) is 18.0 Å². The van der Waals surface area contributed by atoms with Crippen LogP contribution < -0.4 is 5.32 Å². The highest BCUT2D eigenvalue weighted by molar-refractivity contribution is 5.98. The normalized spacial score (nSPS) is 31.1. The molecular formula is C15H18FNO. The monoisotopic (exact) mass is 247 g/mol. The molecule has 3 heteroatoms. The maximum Gasteiger partial charge on any atom is 0.169 e. The number of hydrogen-bond donors (Lipinski definition) is 1. The van der Waals surface area contributed by atoms with Gasteiger partial charge in [-0.15, -0.1) is 0 Å². The van der Waals surface area contributed by atoms with E-state index in [1.54, 1.807) is 18.2 Å². The van der Waals surface area contributed by atoms with Crippen LogP contribution in [0.2, 0.25) is 0 Å². The van der Waals surface area contributed by atoms with Crippen molar-refractivity contribution in [2.45, 2.75) is 44.2 Å². The summed E-state index contributed by atoms with van der Waals surface area (Å²) in [6.07, 6.45) is 5.28. The molecule has 0 spiro atoms. The first kappa shape index (κ1) is 11.8. The number of fused-ring (bicyclic) bond motifs is 2. The van der Waals surface area contributed by atoms with Gasteiger partial charge in [0.25, 0.3) is 0 Å². The van der Waals surface area contributed by atoms with E-state index in [4.69, 9.17) is 0 Å². The number of rotatable bonds is 2. The highest BCUT2D eigenvalue weighted by atomic mass is 19.1. The van der Waals surface area contributed by atoms with E-state index in [2.05, 4.69) is 5.32 Å². The number of nitrogens with one attached hydrogen (secondary N) is 1. The Balaban J connectivity index is 1.79. The van der Waals surface area contributed by atoms with Crippen LogP contribution in [0, 0.1) is 11.7 Å². The quantitative estimate of drug-likeness (QED) is 0.814. The van der Waals surface area contributed by atoms with Crippen LogP contribution in [0.25, 0.3) is 0 Å². The van der Waals surface area contributed by atoms with Crippen molar-refractivity contribution in [1.29, 1.82) is 0 Å². The van der Waals surface area contributed by atoms with E-state index in [-0.39, 0.29) is 23.1 Å². The third-order valence-corrected chi connectivity index (χ3v) is 4.22. The van der Waals surface area contributed by atoms with Crippen molar-refractivity contribution in [3.63, 3.8) is 0 Å². The minimum absolute atomic E-state index is 0.00144. The predicted molar refractivity (Wildman–Crippen MR) is 68.0 cm³/mol. The average Bonchev–Trinajstić information content (AvgIpc) is 2.38. The molecule has 0 aliphatic carbocycles. The molecule has 1 N–H and O–H groups in total. The molecule has 1 aromatic rings. The molecule has 2 bridgehead atoms. The second-order valence-corrected chi connectivity index (χ2v) is 5.50. The average molecular weight is 247 g/mol. The molecule has 2 heterocycles. The topological polar surface area (TPSA) is 29.1 Å². The Morgan fingerprint density at radius 1 is 1.17 bits per heavy atom. The zero-order valence-electron chi connectivity index (χ0n) is 10.4. The molecule has 1 aromatic carbocycles. The van der Waals surface area contributed by atoms with E-state index in [9.17, 15) is 9.18 Å². The smallest absolute Gasteiger partial charge is 0.169 e. The van der Waals surface area contributed by atoms with Crippen LogP contribution in [0.3, 0.4) is 0 Å². The zero-order chi connectivity index (χ0) is 12.5. The Labute approximate surface area is 107 Å². The fourth-order valence-corrected chi connectivity index (χ4v) is 3.36. The van der Waals surface area contributed by atoms with Crippen molar-refractivity contribution >= 4 is 5.78 Å². The molecule has 2 atom stereocenters. The first-order valence-corrected chi connectivity index (χ1v) is 6.79. The molecule has 3 rings (SSSR count). The number of Topliss-reactive ketones (excluding diaryl/α,β-unsaturated/α-hetero) is 1. The van der Waals surface area contributed by atoms with Gasteiger partial charge in [0.2, 0.25) is 0 Å². The second kappa shape index (κ2) is 4.81. The van der Waals surface area contributed by atoms with Crippen molar-refractivity contribution in [2.75, 3.05) is 0 Å². The summed E-state index contributed by atoms with van der Waals surface area (Å²) in [6, 6.07) is 7.25. The molecule has 2 aliphatic rings. The van der Waals surface area contributed by atoms with Crippen LogP contribution in [0.15, 0.2) is 24.3 Å². The molecule has 2 nitrogen and oxygen atoms in total. The third-order valence-electron chi connectivity index (χ3n) is 4.22. The van der Waals surface area contributed by atoms with Gasteiger partial charge in [-0.1, -0.05) is 18.6 Å². The van der Waals surface area contributed by atoms with E-state index in [1.807, 2.05) is 0 Å². The third kappa shape index (κ3) is 2.19. The summed E-state index contributed by atoms with van der Waals surface area (Å²) in [6.45, 7) is 0. The lowest BCUT2D eigenvalue weighted by Crippen LogP contribution is -2.50. The lowest BCUT2D eigenvalue weighted by atomic mass is 9.77. The van der Waals surface area contributed by atoms with Crippen LogP contribution >= 0.6 is 0 Å². The molecule has 0 radical (unpaired) electrons. The maximum atomic E-state index is 13.6. The lowest BCUT2D eigenvalue weighted by molar-refractivity contribution is 0.0821. The van der Waals surface area contributed by atoms with Gasteiger partial charge in [0.15, 0.2) is 5.78 Å². The van der Waals surface area contributed by atoms with Gasteiger partial charge >= 0.3 is 0 Å². The Morgan fingerprint density at radius 2 is 1.83 bits per heavy atom. The SMILES string of the molecule is O=C(c1ccccc1F)C1CC2CCCC(C1)N2. The van der Waals surface area contributed by atoms with Crippen molar-refractivity contribution < 1.29 is 9.18 Å². The fourth-order valence-electron chi connectivity index (χ4n) is 3.36. The number of benzene rings is 1. The summed E-state index contributed by atoms with van der Waals surface area (Å²) >= 11 is 0. The first-order valence-electron chi connectivity index (χ1n) is 6.79. The highest BCUT2D eigenvalue weighted by Crippen LogP contribution is 2.32. The summed E-state index contributed by atoms with van der Waals surface area (Å²) in [5.74, 6) is -0.392. The Morgan fingerprint density at radius 3 is 2.50 bits per heavy atom. The number of piperidine rings is 2. The van der Waals surface area contributed by atoms with Gasteiger partial charge in [-0.05, 0) is 37.8 Å². The van der Waals surface area contributed by atoms with Gasteiger partial charge in [0.05, 0.1) is 5.56 Å². The van der Waals surface area contributed by atoms with Crippen LogP contribution in [-0.4, -0.2) is 17.9 Å². The van der Waals surface area contributed by atoms with E-state index in [1.165, 1.54) is 12.5 Å². The number of carbonyl (C=O) groups excluding carboxylic acids is 1. The minimum Gasteiger partial charge on any atom is -0.311 e. The standard InChI is InChI=1S/C15H18FNO/c16-14-7-2-1-6-13(14)15(18)10-8-11-4-3-5-12(9-10)17-11/h1-2,6-7,10-12,17H,3-5,8-9H2. The zero-order valence-corrected chi connectivity index (χ0v) is 10.4. The summed E-state index contributed by atoms with van der Waals surface area (Å²) < 4.78 is 13.6.